The largest absolute Gasteiger partial charge is 0.344 e. The van der Waals surface area contributed by atoms with Crippen molar-refractivity contribution in [3.8, 4) is 0 Å². The number of piperidine rings is 1. The highest BCUT2D eigenvalue weighted by Gasteiger charge is 2.25. The Bertz CT molecular complexity index is 427. The van der Waals surface area contributed by atoms with E-state index in [2.05, 4.69) is 28.7 Å². The number of rotatable bonds is 5. The van der Waals surface area contributed by atoms with E-state index in [-0.39, 0.29) is 5.91 Å². The summed E-state index contributed by atoms with van der Waals surface area (Å²) in [6.45, 7) is 7.03. The Balaban J connectivity index is 1.97. The molecule has 0 aromatic carbocycles. The van der Waals surface area contributed by atoms with Crippen LogP contribution in [-0.4, -0.2) is 40.5 Å². The number of aromatic nitrogens is 2. The number of likely N-dealkylation sites (tertiary alicyclic amines) is 1. The Morgan fingerprint density at radius 2 is 2.32 bits per heavy atom. The van der Waals surface area contributed by atoms with Crippen LogP contribution in [0.2, 0.25) is 0 Å². The van der Waals surface area contributed by atoms with E-state index in [0.717, 1.165) is 26.1 Å². The highest BCUT2D eigenvalue weighted by molar-refractivity contribution is 5.76. The molecule has 0 aliphatic carbocycles. The summed E-state index contributed by atoms with van der Waals surface area (Å²) < 4.78 is 2.22. The van der Waals surface area contributed by atoms with Gasteiger partial charge in [0.25, 0.3) is 0 Å². The highest BCUT2D eigenvalue weighted by Crippen LogP contribution is 2.22. The first kappa shape index (κ1) is 14.1. The van der Waals surface area contributed by atoms with Crippen LogP contribution < -0.4 is 5.32 Å². The molecular formula is C14H24N4O. The SMILES string of the molecule is CC(C)CNCc1cncn1C1CCC(=O)N(C)C1. The molecule has 5 nitrogen and oxygen atoms in total. The standard InChI is InChI=1S/C14H24N4O/c1-11(2)6-15-7-13-8-16-10-18(13)12-4-5-14(19)17(3)9-12/h8,10-12,15H,4-7,9H2,1-3H3. The lowest BCUT2D eigenvalue weighted by Crippen LogP contribution is -2.38. The first-order valence-corrected chi connectivity index (χ1v) is 7.03. The second-order valence-corrected chi connectivity index (χ2v) is 5.78. The third-order valence-electron chi connectivity index (χ3n) is 3.60. The minimum Gasteiger partial charge on any atom is -0.344 e. The Morgan fingerprint density at radius 3 is 3.00 bits per heavy atom. The van der Waals surface area contributed by atoms with Gasteiger partial charge in [-0.2, -0.15) is 0 Å². The number of hydrogen-bond acceptors (Lipinski definition) is 3. The number of amides is 1. The maximum atomic E-state index is 11.5. The number of nitrogens with zero attached hydrogens (tertiary/aromatic N) is 3. The van der Waals surface area contributed by atoms with Crippen LogP contribution in [0.3, 0.4) is 0 Å². The van der Waals surface area contributed by atoms with E-state index < -0.39 is 0 Å². The summed E-state index contributed by atoms with van der Waals surface area (Å²) in [7, 11) is 1.88. The molecule has 2 rings (SSSR count). The number of likely N-dealkylation sites (N-methyl/N-ethyl adjacent to an activating group) is 1. The molecular weight excluding hydrogens is 240 g/mol. The molecule has 106 valence electrons. The zero-order valence-corrected chi connectivity index (χ0v) is 12.1. The Labute approximate surface area is 115 Å². The number of nitrogens with one attached hydrogen (secondary N) is 1. The first-order valence-electron chi connectivity index (χ1n) is 7.03. The van der Waals surface area contributed by atoms with Crippen molar-refractivity contribution < 1.29 is 4.79 Å². The van der Waals surface area contributed by atoms with Crippen LogP contribution in [0.4, 0.5) is 0 Å². The molecule has 1 aromatic heterocycles. The van der Waals surface area contributed by atoms with Crippen molar-refractivity contribution in [3.63, 3.8) is 0 Å². The Kier molecular flexibility index (Phi) is 4.58. The van der Waals surface area contributed by atoms with Crippen molar-refractivity contribution in [1.29, 1.82) is 0 Å². The van der Waals surface area contributed by atoms with E-state index in [1.165, 1.54) is 5.69 Å². The van der Waals surface area contributed by atoms with Gasteiger partial charge in [-0.05, 0) is 18.9 Å². The molecule has 2 heterocycles. The zero-order chi connectivity index (χ0) is 13.8. The minimum atomic E-state index is 0.246. The minimum absolute atomic E-state index is 0.246. The van der Waals surface area contributed by atoms with Crippen LogP contribution in [0, 0.1) is 5.92 Å². The third-order valence-corrected chi connectivity index (χ3v) is 3.60. The maximum Gasteiger partial charge on any atom is 0.222 e. The topological polar surface area (TPSA) is 50.2 Å². The average Bonchev–Trinajstić information content (AvgIpc) is 2.80. The van der Waals surface area contributed by atoms with E-state index in [9.17, 15) is 4.79 Å². The van der Waals surface area contributed by atoms with Crippen LogP contribution in [0.15, 0.2) is 12.5 Å². The summed E-state index contributed by atoms with van der Waals surface area (Å²) in [6, 6.07) is 0.362. The lowest BCUT2D eigenvalue weighted by molar-refractivity contribution is -0.132. The highest BCUT2D eigenvalue weighted by atomic mass is 16.2. The van der Waals surface area contributed by atoms with Gasteiger partial charge in [0.05, 0.1) is 18.1 Å². The molecule has 1 N–H and O–H groups in total. The summed E-state index contributed by atoms with van der Waals surface area (Å²) >= 11 is 0. The van der Waals surface area contributed by atoms with Gasteiger partial charge in [0.2, 0.25) is 5.91 Å². The monoisotopic (exact) mass is 264 g/mol. The molecule has 0 saturated carbocycles. The lowest BCUT2D eigenvalue weighted by atomic mass is 10.1. The second-order valence-electron chi connectivity index (χ2n) is 5.78. The van der Waals surface area contributed by atoms with Crippen molar-refractivity contribution in [2.45, 2.75) is 39.3 Å². The van der Waals surface area contributed by atoms with Crippen LogP contribution in [-0.2, 0) is 11.3 Å². The molecule has 1 amide bonds. The van der Waals surface area contributed by atoms with Gasteiger partial charge < -0.3 is 14.8 Å². The average molecular weight is 264 g/mol. The van der Waals surface area contributed by atoms with Gasteiger partial charge in [0, 0.05) is 32.8 Å². The third kappa shape index (κ3) is 3.56. The van der Waals surface area contributed by atoms with Crippen molar-refractivity contribution in [2.75, 3.05) is 20.1 Å². The van der Waals surface area contributed by atoms with E-state index in [0.29, 0.717) is 18.4 Å². The number of carbonyl (C=O) groups excluding carboxylic acids is 1. The van der Waals surface area contributed by atoms with E-state index in [1.54, 1.807) is 0 Å². The summed E-state index contributed by atoms with van der Waals surface area (Å²) in [4.78, 5) is 17.6. The van der Waals surface area contributed by atoms with E-state index >= 15 is 0 Å². The molecule has 1 aromatic rings. The summed E-state index contributed by atoms with van der Waals surface area (Å²) in [6.07, 6.45) is 5.36. The number of carbonyl (C=O) groups is 1. The molecule has 0 radical (unpaired) electrons. The van der Waals surface area contributed by atoms with Gasteiger partial charge in [0.1, 0.15) is 0 Å². The molecule has 1 unspecified atom stereocenters. The number of hydrogen-bond donors (Lipinski definition) is 1. The Hall–Kier alpha value is -1.36. The molecule has 1 atom stereocenters. The predicted molar refractivity (Wildman–Crippen MR) is 74.7 cm³/mol. The second kappa shape index (κ2) is 6.19. The molecule has 1 fully saturated rings. The first-order chi connectivity index (χ1) is 9.08. The zero-order valence-electron chi connectivity index (χ0n) is 12.1. The van der Waals surface area contributed by atoms with Crippen LogP contribution in [0.1, 0.15) is 38.4 Å². The molecule has 1 aliphatic heterocycles. The van der Waals surface area contributed by atoms with E-state index in [1.807, 2.05) is 24.5 Å². The summed E-state index contributed by atoms with van der Waals surface area (Å²) in [5.41, 5.74) is 1.20. The lowest BCUT2D eigenvalue weighted by Gasteiger charge is -2.31. The van der Waals surface area contributed by atoms with E-state index in [4.69, 9.17) is 0 Å². The fourth-order valence-electron chi connectivity index (χ4n) is 2.50. The quantitative estimate of drug-likeness (QED) is 0.875. The number of imidazole rings is 1. The fraction of sp³-hybridized carbons (Fsp3) is 0.714. The fourth-order valence-corrected chi connectivity index (χ4v) is 2.50. The predicted octanol–water partition coefficient (Wildman–Crippen LogP) is 1.42. The molecule has 1 saturated heterocycles. The van der Waals surface area contributed by atoms with Gasteiger partial charge in [-0.15, -0.1) is 0 Å². The van der Waals surface area contributed by atoms with Crippen LogP contribution in [0.25, 0.3) is 0 Å². The van der Waals surface area contributed by atoms with Crippen LogP contribution >= 0.6 is 0 Å². The summed E-state index contributed by atoms with van der Waals surface area (Å²) in [5, 5.41) is 3.45. The molecule has 1 aliphatic rings. The van der Waals surface area contributed by atoms with Crippen molar-refractivity contribution in [3.05, 3.63) is 18.2 Å². The van der Waals surface area contributed by atoms with Gasteiger partial charge in [-0.3, -0.25) is 4.79 Å². The molecule has 5 heteroatoms. The summed E-state index contributed by atoms with van der Waals surface area (Å²) in [5.74, 6) is 0.894. The maximum absolute atomic E-state index is 11.5. The smallest absolute Gasteiger partial charge is 0.222 e. The van der Waals surface area contributed by atoms with Crippen molar-refractivity contribution in [2.24, 2.45) is 5.92 Å². The van der Waals surface area contributed by atoms with Crippen molar-refractivity contribution >= 4 is 5.91 Å². The molecule has 0 bridgehead atoms. The van der Waals surface area contributed by atoms with Gasteiger partial charge >= 0.3 is 0 Å². The van der Waals surface area contributed by atoms with Gasteiger partial charge in [-0.1, -0.05) is 13.8 Å². The van der Waals surface area contributed by atoms with Gasteiger partial charge in [-0.25, -0.2) is 4.98 Å². The molecule has 19 heavy (non-hydrogen) atoms. The van der Waals surface area contributed by atoms with Crippen LogP contribution in [0.5, 0.6) is 0 Å². The van der Waals surface area contributed by atoms with Crippen molar-refractivity contribution in [1.82, 2.24) is 19.8 Å². The normalized spacial score (nSPS) is 20.3. The molecule has 0 spiro atoms. The Morgan fingerprint density at radius 1 is 1.53 bits per heavy atom. The van der Waals surface area contributed by atoms with Gasteiger partial charge in [0.15, 0.2) is 0 Å².